The monoisotopic (exact) mass is 545 g/mol. The molecule has 0 aromatic heterocycles. The fourth-order valence-electron chi connectivity index (χ4n) is 4.35. The minimum atomic E-state index is -1.14. The number of amides is 3. The van der Waals surface area contributed by atoms with Crippen LogP contribution in [0.2, 0.25) is 0 Å². The van der Waals surface area contributed by atoms with Crippen LogP contribution in [0.4, 0.5) is 29.3 Å². The topological polar surface area (TPSA) is 87.7 Å². The Morgan fingerprint density at radius 1 is 0.750 bits per heavy atom. The van der Waals surface area contributed by atoms with Crippen molar-refractivity contribution in [2.45, 2.75) is 18.7 Å². The number of carbonyl (C=O) groups excluding carboxylic acids is 3. The van der Waals surface area contributed by atoms with Gasteiger partial charge in [-0.05, 0) is 71.8 Å². The molecule has 10 heteroatoms. The zero-order valence-electron chi connectivity index (χ0n) is 20.8. The van der Waals surface area contributed by atoms with Crippen LogP contribution < -0.4 is 10.6 Å². The van der Waals surface area contributed by atoms with Gasteiger partial charge in [0.2, 0.25) is 0 Å². The van der Waals surface area contributed by atoms with Crippen LogP contribution in [0.25, 0.3) is 0 Å². The third kappa shape index (κ3) is 5.80. The van der Waals surface area contributed by atoms with Crippen LogP contribution >= 0.6 is 0 Å². The predicted molar refractivity (Wildman–Crippen MR) is 141 cm³/mol. The smallest absolute Gasteiger partial charge is 0.411 e. The molecule has 1 heterocycles. The SMILES string of the molecule is O=C(Nc1ccc([C@@H]2OC(=O)N(Cc3ccc(F)cc3)[C@H]2C(=O)Nc2ccc(F)cc2)cc1)c1ccccc1F. The van der Waals surface area contributed by atoms with Gasteiger partial charge in [0.1, 0.15) is 17.5 Å². The highest BCUT2D eigenvalue weighted by Crippen LogP contribution is 2.35. The van der Waals surface area contributed by atoms with Gasteiger partial charge >= 0.3 is 6.09 Å². The Balaban J connectivity index is 1.39. The van der Waals surface area contributed by atoms with Crippen LogP contribution in [0.5, 0.6) is 0 Å². The second-order valence-electron chi connectivity index (χ2n) is 9.06. The van der Waals surface area contributed by atoms with Crippen LogP contribution in [-0.2, 0) is 16.1 Å². The van der Waals surface area contributed by atoms with Gasteiger partial charge in [0.25, 0.3) is 11.8 Å². The van der Waals surface area contributed by atoms with Gasteiger partial charge < -0.3 is 15.4 Å². The molecule has 0 aliphatic carbocycles. The van der Waals surface area contributed by atoms with Crippen LogP contribution in [0.1, 0.15) is 27.6 Å². The number of anilines is 2. The molecule has 0 radical (unpaired) electrons. The molecule has 4 aromatic rings. The fourth-order valence-corrected chi connectivity index (χ4v) is 4.35. The Kier molecular flexibility index (Phi) is 7.50. The van der Waals surface area contributed by atoms with E-state index < -0.39 is 47.5 Å². The first-order valence-electron chi connectivity index (χ1n) is 12.2. The molecule has 4 aromatic carbocycles. The number of benzene rings is 4. The van der Waals surface area contributed by atoms with Gasteiger partial charge in [-0.2, -0.15) is 0 Å². The van der Waals surface area contributed by atoms with Gasteiger partial charge in [0, 0.05) is 11.4 Å². The number of nitrogens with one attached hydrogen (secondary N) is 2. The molecule has 5 rings (SSSR count). The molecule has 1 aliphatic rings. The number of cyclic esters (lactones) is 1. The second kappa shape index (κ2) is 11.3. The van der Waals surface area contributed by atoms with Crippen LogP contribution in [0, 0.1) is 17.5 Å². The van der Waals surface area contributed by atoms with E-state index in [0.717, 1.165) is 0 Å². The lowest BCUT2D eigenvalue weighted by Gasteiger charge is -2.24. The number of hydrogen-bond donors (Lipinski definition) is 2. The summed E-state index contributed by atoms with van der Waals surface area (Å²) in [5, 5.41) is 5.29. The molecule has 0 unspecified atom stereocenters. The average molecular weight is 546 g/mol. The van der Waals surface area contributed by atoms with Crippen molar-refractivity contribution in [2.24, 2.45) is 0 Å². The average Bonchev–Trinajstić information content (AvgIpc) is 3.27. The number of hydrogen-bond acceptors (Lipinski definition) is 4. The van der Waals surface area contributed by atoms with E-state index in [9.17, 15) is 27.6 Å². The fraction of sp³-hybridized carbons (Fsp3) is 0.100. The first kappa shape index (κ1) is 26.5. The molecule has 7 nitrogen and oxygen atoms in total. The number of nitrogens with zero attached hydrogens (tertiary/aromatic N) is 1. The number of ether oxygens (including phenoxy) is 1. The first-order valence-corrected chi connectivity index (χ1v) is 12.2. The highest BCUT2D eigenvalue weighted by molar-refractivity contribution is 6.04. The largest absolute Gasteiger partial charge is 0.438 e. The summed E-state index contributed by atoms with van der Waals surface area (Å²) in [6.07, 6.45) is -1.80. The summed E-state index contributed by atoms with van der Waals surface area (Å²) in [6.45, 7) is -0.0338. The quantitative estimate of drug-likeness (QED) is 0.296. The summed E-state index contributed by atoms with van der Waals surface area (Å²) >= 11 is 0. The summed E-state index contributed by atoms with van der Waals surface area (Å²) in [6, 6.07) is 21.3. The lowest BCUT2D eigenvalue weighted by Crippen LogP contribution is -2.43. The zero-order chi connectivity index (χ0) is 28.2. The van der Waals surface area contributed by atoms with E-state index in [1.165, 1.54) is 71.6 Å². The Bertz CT molecular complexity index is 1540. The van der Waals surface area contributed by atoms with Gasteiger partial charge in [-0.1, -0.05) is 36.4 Å². The molecule has 0 saturated carbocycles. The number of rotatable bonds is 7. The zero-order valence-corrected chi connectivity index (χ0v) is 20.8. The normalized spacial score (nSPS) is 16.4. The van der Waals surface area contributed by atoms with Gasteiger partial charge in [-0.15, -0.1) is 0 Å². The molecular weight excluding hydrogens is 523 g/mol. The van der Waals surface area contributed by atoms with E-state index in [-0.39, 0.29) is 12.1 Å². The van der Waals surface area contributed by atoms with Crippen molar-refractivity contribution in [1.82, 2.24) is 4.90 Å². The van der Waals surface area contributed by atoms with Crippen LogP contribution in [0.15, 0.2) is 97.1 Å². The summed E-state index contributed by atoms with van der Waals surface area (Å²) in [5.74, 6) is -2.80. The molecule has 1 aliphatic heterocycles. The van der Waals surface area contributed by atoms with Crippen molar-refractivity contribution in [3.8, 4) is 0 Å². The molecule has 3 amide bonds. The van der Waals surface area contributed by atoms with Crippen molar-refractivity contribution in [2.75, 3.05) is 10.6 Å². The van der Waals surface area contributed by atoms with E-state index >= 15 is 0 Å². The molecule has 0 bridgehead atoms. The maximum atomic E-state index is 14.0. The molecule has 202 valence electrons. The van der Waals surface area contributed by atoms with E-state index in [4.69, 9.17) is 4.74 Å². The minimum Gasteiger partial charge on any atom is -0.438 e. The van der Waals surface area contributed by atoms with Crippen molar-refractivity contribution < 1.29 is 32.3 Å². The summed E-state index contributed by atoms with van der Waals surface area (Å²) in [7, 11) is 0. The van der Waals surface area contributed by atoms with E-state index in [1.54, 1.807) is 30.3 Å². The van der Waals surface area contributed by atoms with Crippen molar-refractivity contribution in [3.05, 3.63) is 131 Å². The van der Waals surface area contributed by atoms with Crippen LogP contribution in [-0.4, -0.2) is 28.8 Å². The Hall–Kier alpha value is -5.12. The van der Waals surface area contributed by atoms with Gasteiger partial charge in [-0.3, -0.25) is 14.5 Å². The Morgan fingerprint density at radius 2 is 1.32 bits per heavy atom. The van der Waals surface area contributed by atoms with Crippen molar-refractivity contribution in [3.63, 3.8) is 0 Å². The molecular formula is C30H22F3N3O4. The maximum absolute atomic E-state index is 14.0. The molecule has 2 atom stereocenters. The second-order valence-corrected chi connectivity index (χ2v) is 9.06. The van der Waals surface area contributed by atoms with E-state index in [2.05, 4.69) is 10.6 Å². The summed E-state index contributed by atoms with van der Waals surface area (Å²) < 4.78 is 46.4. The highest BCUT2D eigenvalue weighted by atomic mass is 19.1. The first-order chi connectivity index (χ1) is 19.3. The van der Waals surface area contributed by atoms with E-state index in [1.807, 2.05) is 0 Å². The summed E-state index contributed by atoms with van der Waals surface area (Å²) in [5.41, 5.74) is 1.59. The maximum Gasteiger partial charge on any atom is 0.411 e. The molecule has 1 fully saturated rings. The van der Waals surface area contributed by atoms with Crippen LogP contribution in [0.3, 0.4) is 0 Å². The van der Waals surface area contributed by atoms with Crippen molar-refractivity contribution >= 4 is 29.3 Å². The molecule has 40 heavy (non-hydrogen) atoms. The lowest BCUT2D eigenvalue weighted by molar-refractivity contribution is -0.121. The minimum absolute atomic E-state index is 0.0338. The third-order valence-electron chi connectivity index (χ3n) is 6.35. The Morgan fingerprint density at radius 3 is 1.98 bits per heavy atom. The molecule has 2 N–H and O–H groups in total. The van der Waals surface area contributed by atoms with E-state index in [0.29, 0.717) is 22.5 Å². The third-order valence-corrected chi connectivity index (χ3v) is 6.35. The van der Waals surface area contributed by atoms with Crippen molar-refractivity contribution in [1.29, 1.82) is 0 Å². The molecule has 0 spiro atoms. The number of halogens is 3. The standard InChI is InChI=1S/C30H22F3N3O4/c31-20-9-5-18(6-10-20)17-36-26(29(38)35-23-15-11-21(32)12-16-23)27(40-30(36)39)19-7-13-22(14-8-19)34-28(37)24-3-1-2-4-25(24)33/h1-16,26-27H,17H2,(H,34,37)(H,35,38)/t26-,27+/m1/s1. The predicted octanol–water partition coefficient (Wildman–Crippen LogP) is 6.06. The summed E-state index contributed by atoms with van der Waals surface area (Å²) in [4.78, 5) is 40.1. The number of carbonyl (C=O) groups is 3. The van der Waals surface area contributed by atoms with Gasteiger partial charge in [-0.25, -0.2) is 18.0 Å². The highest BCUT2D eigenvalue weighted by Gasteiger charge is 2.47. The Labute approximate surface area is 227 Å². The molecule has 1 saturated heterocycles. The lowest BCUT2D eigenvalue weighted by atomic mass is 10.00. The van der Waals surface area contributed by atoms with Gasteiger partial charge in [0.15, 0.2) is 12.1 Å². The van der Waals surface area contributed by atoms with Gasteiger partial charge in [0.05, 0.1) is 12.1 Å².